The molecule has 0 aliphatic rings. The summed E-state index contributed by atoms with van der Waals surface area (Å²) in [5, 5.41) is 3.34. The van der Waals surface area contributed by atoms with Crippen LogP contribution in [0.5, 0.6) is 0 Å². The van der Waals surface area contributed by atoms with Crippen molar-refractivity contribution in [1.29, 1.82) is 0 Å². The van der Waals surface area contributed by atoms with Crippen LogP contribution in [0.25, 0.3) is 0 Å². The quantitative estimate of drug-likeness (QED) is 0.459. The van der Waals surface area contributed by atoms with Crippen molar-refractivity contribution in [2.75, 3.05) is 19.8 Å². The molecule has 2 heteroatoms. The smallest absolute Gasteiger partial charge is 0.0590 e. The standard InChI is InChI=1S/C10H19NO/c1-4-7-10(5-2)11-8-9-12-6-3/h1,10-11H,5-9H2,2-3H3. The molecule has 0 saturated heterocycles. The van der Waals surface area contributed by atoms with E-state index >= 15 is 0 Å². The highest BCUT2D eigenvalue weighted by molar-refractivity contribution is 4.89. The Bertz CT molecular complexity index is 128. The molecule has 0 fully saturated rings. The van der Waals surface area contributed by atoms with Crippen LogP contribution in [0.1, 0.15) is 26.7 Å². The van der Waals surface area contributed by atoms with Gasteiger partial charge in [-0.3, -0.25) is 0 Å². The van der Waals surface area contributed by atoms with Gasteiger partial charge in [0.25, 0.3) is 0 Å². The van der Waals surface area contributed by atoms with Crippen LogP contribution in [-0.4, -0.2) is 25.8 Å². The van der Waals surface area contributed by atoms with Gasteiger partial charge >= 0.3 is 0 Å². The molecule has 0 aliphatic carbocycles. The first-order chi connectivity index (χ1) is 5.85. The fraction of sp³-hybridized carbons (Fsp3) is 0.800. The van der Waals surface area contributed by atoms with Crippen LogP contribution in [0.2, 0.25) is 0 Å². The Hall–Kier alpha value is -0.520. The second kappa shape index (κ2) is 8.58. The van der Waals surface area contributed by atoms with Crippen molar-refractivity contribution in [3.05, 3.63) is 0 Å². The molecule has 0 amide bonds. The monoisotopic (exact) mass is 169 g/mol. The molecule has 2 nitrogen and oxygen atoms in total. The summed E-state index contributed by atoms with van der Waals surface area (Å²) in [7, 11) is 0. The number of terminal acetylenes is 1. The molecular weight excluding hydrogens is 150 g/mol. The molecule has 1 atom stereocenters. The Morgan fingerprint density at radius 1 is 1.50 bits per heavy atom. The summed E-state index contributed by atoms with van der Waals surface area (Å²) in [6, 6.07) is 0.454. The Balaban J connectivity index is 3.26. The van der Waals surface area contributed by atoms with E-state index in [1.54, 1.807) is 0 Å². The molecule has 0 aliphatic heterocycles. The van der Waals surface area contributed by atoms with Crippen molar-refractivity contribution in [3.8, 4) is 12.3 Å². The lowest BCUT2D eigenvalue weighted by molar-refractivity contribution is 0.146. The van der Waals surface area contributed by atoms with E-state index in [4.69, 9.17) is 11.2 Å². The minimum Gasteiger partial charge on any atom is -0.380 e. The third-order valence-electron chi connectivity index (χ3n) is 1.74. The van der Waals surface area contributed by atoms with Crippen LogP contribution in [0, 0.1) is 12.3 Å². The Morgan fingerprint density at radius 2 is 2.25 bits per heavy atom. The number of hydrogen-bond donors (Lipinski definition) is 1. The summed E-state index contributed by atoms with van der Waals surface area (Å²) in [5.74, 6) is 2.66. The first-order valence-electron chi connectivity index (χ1n) is 4.59. The van der Waals surface area contributed by atoms with E-state index in [2.05, 4.69) is 18.2 Å². The van der Waals surface area contributed by atoms with Crippen molar-refractivity contribution < 1.29 is 4.74 Å². The summed E-state index contributed by atoms with van der Waals surface area (Å²) >= 11 is 0. The molecule has 1 unspecified atom stereocenters. The minimum atomic E-state index is 0.454. The van der Waals surface area contributed by atoms with E-state index in [-0.39, 0.29) is 0 Å². The summed E-state index contributed by atoms with van der Waals surface area (Å²) in [4.78, 5) is 0. The first kappa shape index (κ1) is 11.5. The van der Waals surface area contributed by atoms with Gasteiger partial charge in [0.2, 0.25) is 0 Å². The number of nitrogens with one attached hydrogen (secondary N) is 1. The highest BCUT2D eigenvalue weighted by Crippen LogP contribution is 1.94. The fourth-order valence-corrected chi connectivity index (χ4v) is 0.983. The van der Waals surface area contributed by atoms with Gasteiger partial charge in [0, 0.05) is 25.6 Å². The van der Waals surface area contributed by atoms with E-state index in [9.17, 15) is 0 Å². The predicted octanol–water partition coefficient (Wildman–Crippen LogP) is 1.41. The zero-order valence-corrected chi connectivity index (χ0v) is 8.10. The van der Waals surface area contributed by atoms with E-state index in [1.165, 1.54) is 0 Å². The van der Waals surface area contributed by atoms with Crippen molar-refractivity contribution >= 4 is 0 Å². The molecule has 0 radical (unpaired) electrons. The van der Waals surface area contributed by atoms with Crippen LogP contribution >= 0.6 is 0 Å². The van der Waals surface area contributed by atoms with Gasteiger partial charge in [-0.15, -0.1) is 12.3 Å². The summed E-state index contributed by atoms with van der Waals surface area (Å²) in [6.07, 6.45) is 7.10. The van der Waals surface area contributed by atoms with Gasteiger partial charge in [-0.05, 0) is 13.3 Å². The zero-order chi connectivity index (χ0) is 9.23. The minimum absolute atomic E-state index is 0.454. The molecule has 0 aromatic heterocycles. The van der Waals surface area contributed by atoms with Gasteiger partial charge in [0.1, 0.15) is 0 Å². The fourth-order valence-electron chi connectivity index (χ4n) is 0.983. The lowest BCUT2D eigenvalue weighted by Gasteiger charge is -2.13. The van der Waals surface area contributed by atoms with E-state index in [0.29, 0.717) is 6.04 Å². The molecule has 0 saturated carbocycles. The molecule has 0 heterocycles. The molecule has 12 heavy (non-hydrogen) atoms. The lowest BCUT2D eigenvalue weighted by atomic mass is 10.1. The average Bonchev–Trinajstić information content (AvgIpc) is 2.10. The van der Waals surface area contributed by atoms with E-state index in [1.807, 2.05) is 6.92 Å². The Labute approximate surface area is 75.7 Å². The maximum absolute atomic E-state index is 5.21. The van der Waals surface area contributed by atoms with Crippen LogP contribution in [-0.2, 0) is 4.74 Å². The number of hydrogen-bond acceptors (Lipinski definition) is 2. The van der Waals surface area contributed by atoms with Crippen molar-refractivity contribution in [1.82, 2.24) is 5.32 Å². The highest BCUT2D eigenvalue weighted by atomic mass is 16.5. The maximum atomic E-state index is 5.21. The first-order valence-corrected chi connectivity index (χ1v) is 4.59. The Morgan fingerprint density at radius 3 is 2.75 bits per heavy atom. The third-order valence-corrected chi connectivity index (χ3v) is 1.74. The SMILES string of the molecule is C#CCC(CC)NCCOCC. The second-order valence-corrected chi connectivity index (χ2v) is 2.66. The molecule has 0 aromatic carbocycles. The van der Waals surface area contributed by atoms with Gasteiger partial charge < -0.3 is 10.1 Å². The van der Waals surface area contributed by atoms with E-state index in [0.717, 1.165) is 32.6 Å². The molecule has 0 aromatic rings. The van der Waals surface area contributed by atoms with Gasteiger partial charge in [-0.1, -0.05) is 6.92 Å². The summed E-state index contributed by atoms with van der Waals surface area (Å²) in [6.45, 7) is 6.59. The molecule has 0 rings (SSSR count). The summed E-state index contributed by atoms with van der Waals surface area (Å²) in [5.41, 5.74) is 0. The topological polar surface area (TPSA) is 21.3 Å². The number of ether oxygens (including phenoxy) is 1. The molecule has 0 bridgehead atoms. The van der Waals surface area contributed by atoms with Crippen LogP contribution < -0.4 is 5.32 Å². The maximum Gasteiger partial charge on any atom is 0.0590 e. The second-order valence-electron chi connectivity index (χ2n) is 2.66. The molecule has 70 valence electrons. The van der Waals surface area contributed by atoms with Crippen LogP contribution in [0.3, 0.4) is 0 Å². The van der Waals surface area contributed by atoms with E-state index < -0.39 is 0 Å². The van der Waals surface area contributed by atoms with Crippen molar-refractivity contribution in [3.63, 3.8) is 0 Å². The molecule has 1 N–H and O–H groups in total. The van der Waals surface area contributed by atoms with Gasteiger partial charge in [0.15, 0.2) is 0 Å². The largest absolute Gasteiger partial charge is 0.380 e. The molecular formula is C10H19NO. The highest BCUT2D eigenvalue weighted by Gasteiger charge is 2.01. The predicted molar refractivity (Wildman–Crippen MR) is 52.0 cm³/mol. The van der Waals surface area contributed by atoms with Gasteiger partial charge in [-0.2, -0.15) is 0 Å². The third kappa shape index (κ3) is 6.21. The van der Waals surface area contributed by atoms with Crippen molar-refractivity contribution in [2.24, 2.45) is 0 Å². The van der Waals surface area contributed by atoms with Gasteiger partial charge in [-0.25, -0.2) is 0 Å². The lowest BCUT2D eigenvalue weighted by Crippen LogP contribution is -2.31. The summed E-state index contributed by atoms with van der Waals surface area (Å²) < 4.78 is 5.19. The normalized spacial score (nSPS) is 12.4. The van der Waals surface area contributed by atoms with Crippen molar-refractivity contribution in [2.45, 2.75) is 32.7 Å². The Kier molecular flexibility index (Phi) is 8.20. The average molecular weight is 169 g/mol. The van der Waals surface area contributed by atoms with Crippen LogP contribution in [0.15, 0.2) is 0 Å². The molecule has 0 spiro atoms. The van der Waals surface area contributed by atoms with Crippen LogP contribution in [0.4, 0.5) is 0 Å². The number of rotatable bonds is 7. The van der Waals surface area contributed by atoms with Gasteiger partial charge in [0.05, 0.1) is 6.61 Å². The zero-order valence-electron chi connectivity index (χ0n) is 8.10.